The van der Waals surface area contributed by atoms with Crippen LogP contribution in [0.15, 0.2) is 30.3 Å². The maximum Gasteiger partial charge on any atom is 0.244 e. The van der Waals surface area contributed by atoms with E-state index in [0.717, 1.165) is 71.3 Å². The van der Waals surface area contributed by atoms with Crippen LogP contribution < -0.4 is 4.90 Å². The fraction of sp³-hybridized carbons (Fsp3) is 0.650. The van der Waals surface area contributed by atoms with Crippen LogP contribution in [0.3, 0.4) is 0 Å². The number of piperazine rings is 1. The predicted molar refractivity (Wildman–Crippen MR) is 105 cm³/mol. The summed E-state index contributed by atoms with van der Waals surface area (Å²) in [6, 6.07) is 9.99. The van der Waals surface area contributed by atoms with E-state index >= 15 is 0 Å². The van der Waals surface area contributed by atoms with Crippen LogP contribution in [0.5, 0.6) is 0 Å². The van der Waals surface area contributed by atoms with Gasteiger partial charge in [0.15, 0.2) is 0 Å². The molecule has 0 aliphatic carbocycles. The van der Waals surface area contributed by atoms with Gasteiger partial charge in [-0.2, -0.15) is 0 Å². The number of para-hydroxylation sites is 1. The molecule has 6 heteroatoms. The van der Waals surface area contributed by atoms with E-state index in [0.29, 0.717) is 0 Å². The molecule has 1 atom stereocenters. The molecule has 0 radical (unpaired) electrons. The average molecular weight is 361 g/mol. The molecular weight excluding hydrogens is 328 g/mol. The van der Waals surface area contributed by atoms with Crippen molar-refractivity contribution in [3.63, 3.8) is 0 Å². The van der Waals surface area contributed by atoms with Crippen molar-refractivity contribution < 1.29 is 9.53 Å². The molecule has 2 fully saturated rings. The lowest BCUT2D eigenvalue weighted by atomic mass is 10.1. The molecule has 0 saturated carbocycles. The summed E-state index contributed by atoms with van der Waals surface area (Å²) in [5.74, 6) is 0.203. The van der Waals surface area contributed by atoms with Gasteiger partial charge in [0, 0.05) is 58.0 Å². The van der Waals surface area contributed by atoms with Crippen molar-refractivity contribution in [1.82, 2.24) is 14.7 Å². The van der Waals surface area contributed by atoms with Crippen LogP contribution >= 0.6 is 0 Å². The number of ether oxygens (including phenoxy) is 1. The van der Waals surface area contributed by atoms with E-state index in [9.17, 15) is 4.79 Å². The molecule has 2 aliphatic rings. The number of hydrogen-bond acceptors (Lipinski definition) is 5. The van der Waals surface area contributed by atoms with Crippen LogP contribution in [0.1, 0.15) is 6.92 Å². The molecule has 0 unspecified atom stereocenters. The minimum absolute atomic E-state index is 0.0893. The Hall–Kier alpha value is -1.47. The molecule has 0 spiro atoms. The van der Waals surface area contributed by atoms with Crippen LogP contribution in [-0.2, 0) is 9.53 Å². The van der Waals surface area contributed by atoms with Crippen molar-refractivity contribution in [3.8, 4) is 0 Å². The first-order valence-electron chi connectivity index (χ1n) is 9.74. The zero-order valence-corrected chi connectivity index (χ0v) is 16.1. The number of carbonyl (C=O) groups is 1. The minimum Gasteiger partial charge on any atom is -0.379 e. The molecule has 2 saturated heterocycles. The average Bonchev–Trinajstić information content (AvgIpc) is 2.69. The summed E-state index contributed by atoms with van der Waals surface area (Å²) in [6.45, 7) is 11.1. The Morgan fingerprint density at radius 1 is 1.08 bits per heavy atom. The molecule has 6 nitrogen and oxygen atoms in total. The maximum atomic E-state index is 13.3. The summed E-state index contributed by atoms with van der Waals surface area (Å²) < 4.78 is 5.43. The lowest BCUT2D eigenvalue weighted by molar-refractivity contribution is -0.124. The second kappa shape index (κ2) is 9.46. The molecule has 0 N–H and O–H groups in total. The standard InChI is InChI=1S/C20H32N4O2/c1-18(23-11-8-21(2)9-12-23)20(25)24(19-6-4-3-5-7-19)13-10-22-14-16-26-17-15-22/h3-7,18H,8-17H2,1-2H3/t18-/m1/s1. The summed E-state index contributed by atoms with van der Waals surface area (Å²) in [7, 11) is 2.14. The van der Waals surface area contributed by atoms with Gasteiger partial charge in [0.25, 0.3) is 0 Å². The maximum absolute atomic E-state index is 13.3. The Balaban J connectivity index is 1.66. The van der Waals surface area contributed by atoms with E-state index in [-0.39, 0.29) is 11.9 Å². The molecule has 144 valence electrons. The quantitative estimate of drug-likeness (QED) is 0.757. The van der Waals surface area contributed by atoms with E-state index in [1.54, 1.807) is 0 Å². The number of hydrogen-bond donors (Lipinski definition) is 0. The molecule has 0 bridgehead atoms. The second-order valence-corrected chi connectivity index (χ2v) is 7.29. The normalized spacial score (nSPS) is 21.5. The molecule has 2 aliphatic heterocycles. The van der Waals surface area contributed by atoms with Gasteiger partial charge in [-0.15, -0.1) is 0 Å². The van der Waals surface area contributed by atoms with Gasteiger partial charge in [-0.05, 0) is 26.1 Å². The molecule has 1 aromatic carbocycles. The smallest absolute Gasteiger partial charge is 0.244 e. The predicted octanol–water partition coefficient (Wildman–Crippen LogP) is 0.988. The fourth-order valence-corrected chi connectivity index (χ4v) is 3.63. The lowest BCUT2D eigenvalue weighted by Gasteiger charge is -2.38. The molecule has 26 heavy (non-hydrogen) atoms. The summed E-state index contributed by atoms with van der Waals surface area (Å²) in [5, 5.41) is 0. The zero-order valence-electron chi connectivity index (χ0n) is 16.1. The third kappa shape index (κ3) is 5.04. The number of benzene rings is 1. The van der Waals surface area contributed by atoms with E-state index in [4.69, 9.17) is 4.74 Å². The van der Waals surface area contributed by atoms with E-state index < -0.39 is 0 Å². The number of likely N-dealkylation sites (N-methyl/N-ethyl adjacent to an activating group) is 1. The SMILES string of the molecule is C[C@H](C(=O)N(CCN1CCOCC1)c1ccccc1)N1CCN(C)CC1. The Morgan fingerprint density at radius 3 is 2.38 bits per heavy atom. The van der Waals surface area contributed by atoms with Gasteiger partial charge < -0.3 is 14.5 Å². The third-order valence-corrected chi connectivity index (χ3v) is 5.52. The van der Waals surface area contributed by atoms with Gasteiger partial charge in [0.1, 0.15) is 0 Å². The molecule has 1 aromatic rings. The minimum atomic E-state index is -0.0893. The van der Waals surface area contributed by atoms with Gasteiger partial charge in [-0.1, -0.05) is 18.2 Å². The van der Waals surface area contributed by atoms with Crippen molar-refractivity contribution in [2.24, 2.45) is 0 Å². The van der Waals surface area contributed by atoms with Gasteiger partial charge in [0.2, 0.25) is 5.91 Å². The van der Waals surface area contributed by atoms with E-state index in [2.05, 4.69) is 28.7 Å². The zero-order chi connectivity index (χ0) is 18.4. The number of nitrogens with zero attached hydrogens (tertiary/aromatic N) is 4. The van der Waals surface area contributed by atoms with Crippen molar-refractivity contribution >= 4 is 11.6 Å². The Bertz CT molecular complexity index is 554. The number of rotatable bonds is 6. The first kappa shape index (κ1) is 19.3. The third-order valence-electron chi connectivity index (χ3n) is 5.52. The molecule has 2 heterocycles. The van der Waals surface area contributed by atoms with Crippen LogP contribution in [0.4, 0.5) is 5.69 Å². The molecule has 0 aromatic heterocycles. The van der Waals surface area contributed by atoms with Gasteiger partial charge in [-0.25, -0.2) is 0 Å². The van der Waals surface area contributed by atoms with Crippen LogP contribution in [-0.4, -0.2) is 99.3 Å². The Morgan fingerprint density at radius 2 is 1.73 bits per heavy atom. The highest BCUT2D eigenvalue weighted by molar-refractivity contribution is 5.97. The highest BCUT2D eigenvalue weighted by atomic mass is 16.5. The highest BCUT2D eigenvalue weighted by Crippen LogP contribution is 2.17. The summed E-state index contributed by atoms with van der Waals surface area (Å²) in [4.78, 5) is 22.3. The van der Waals surface area contributed by atoms with Crippen LogP contribution in [0.2, 0.25) is 0 Å². The van der Waals surface area contributed by atoms with Crippen LogP contribution in [0.25, 0.3) is 0 Å². The Kier molecular flexibility index (Phi) is 7.02. The van der Waals surface area contributed by atoms with Crippen molar-refractivity contribution in [3.05, 3.63) is 30.3 Å². The van der Waals surface area contributed by atoms with Crippen LogP contribution in [0, 0.1) is 0 Å². The lowest BCUT2D eigenvalue weighted by Crippen LogP contribution is -2.55. The first-order chi connectivity index (χ1) is 12.6. The monoisotopic (exact) mass is 360 g/mol. The number of anilines is 1. The molecule has 1 amide bonds. The van der Waals surface area contributed by atoms with E-state index in [1.807, 2.05) is 35.2 Å². The van der Waals surface area contributed by atoms with Crippen molar-refractivity contribution in [2.45, 2.75) is 13.0 Å². The number of carbonyl (C=O) groups excluding carboxylic acids is 1. The second-order valence-electron chi connectivity index (χ2n) is 7.29. The Labute approximate surface area is 157 Å². The first-order valence-corrected chi connectivity index (χ1v) is 9.74. The summed E-state index contributed by atoms with van der Waals surface area (Å²) in [5.41, 5.74) is 0.992. The van der Waals surface area contributed by atoms with Gasteiger partial charge >= 0.3 is 0 Å². The van der Waals surface area contributed by atoms with Gasteiger partial charge in [-0.3, -0.25) is 14.6 Å². The molecule has 3 rings (SSSR count). The van der Waals surface area contributed by atoms with E-state index in [1.165, 1.54) is 0 Å². The van der Waals surface area contributed by atoms with Gasteiger partial charge in [0.05, 0.1) is 19.3 Å². The highest BCUT2D eigenvalue weighted by Gasteiger charge is 2.29. The van der Waals surface area contributed by atoms with Crippen molar-refractivity contribution in [1.29, 1.82) is 0 Å². The summed E-state index contributed by atoms with van der Waals surface area (Å²) >= 11 is 0. The topological polar surface area (TPSA) is 39.3 Å². The fourth-order valence-electron chi connectivity index (χ4n) is 3.63. The summed E-state index contributed by atoms with van der Waals surface area (Å²) in [6.07, 6.45) is 0. The largest absolute Gasteiger partial charge is 0.379 e. The van der Waals surface area contributed by atoms with Crippen molar-refractivity contribution in [2.75, 3.05) is 77.5 Å². The molecular formula is C20H32N4O2. The number of morpholine rings is 1. The number of amides is 1.